The van der Waals surface area contributed by atoms with Crippen LogP contribution >= 0.6 is 0 Å². The van der Waals surface area contributed by atoms with Gasteiger partial charge in [0.25, 0.3) is 0 Å². The second-order valence-electron chi connectivity index (χ2n) is 2.34. The summed E-state index contributed by atoms with van der Waals surface area (Å²) in [4.78, 5) is 20.9. The van der Waals surface area contributed by atoms with Gasteiger partial charge in [-0.3, -0.25) is 4.79 Å². The number of rotatable bonds is 1. The Bertz CT molecular complexity index is 160. The van der Waals surface area contributed by atoms with Crippen LogP contribution in [0.4, 0.5) is 0 Å². The van der Waals surface area contributed by atoms with Gasteiger partial charge < -0.3 is 10.1 Å². The normalized spacial score (nSPS) is 24.9. The van der Waals surface area contributed by atoms with Gasteiger partial charge in [-0.1, -0.05) is 13.8 Å². The summed E-state index contributed by atoms with van der Waals surface area (Å²) >= 11 is 0. The van der Waals surface area contributed by atoms with Crippen molar-refractivity contribution in [2.45, 2.75) is 20.1 Å². The van der Waals surface area contributed by atoms with Gasteiger partial charge in [-0.05, 0) is 0 Å². The maximum absolute atomic E-state index is 10.5. The van der Waals surface area contributed by atoms with Crippen LogP contribution in [0.3, 0.4) is 0 Å². The first kappa shape index (κ1) is 7.05. The zero-order valence-electron chi connectivity index (χ0n) is 5.80. The molecular formula is C6H8NO3. The van der Waals surface area contributed by atoms with Crippen molar-refractivity contribution in [3.05, 3.63) is 5.92 Å². The van der Waals surface area contributed by atoms with Gasteiger partial charge in [-0.2, -0.15) is 0 Å². The Morgan fingerprint density at radius 1 is 1.50 bits per heavy atom. The lowest BCUT2D eigenvalue weighted by Crippen LogP contribution is -2.29. The van der Waals surface area contributed by atoms with Crippen LogP contribution < -0.4 is 5.32 Å². The number of ether oxygens (including phenoxy) is 1. The minimum atomic E-state index is -0.800. The molecule has 1 heterocycles. The first-order valence-electron chi connectivity index (χ1n) is 2.93. The van der Waals surface area contributed by atoms with Gasteiger partial charge in [0.05, 0.1) is 0 Å². The molecule has 1 atom stereocenters. The summed E-state index contributed by atoms with van der Waals surface area (Å²) in [6, 6.07) is 0. The van der Waals surface area contributed by atoms with Gasteiger partial charge in [0.15, 0.2) is 6.23 Å². The summed E-state index contributed by atoms with van der Waals surface area (Å²) in [7, 11) is 0. The maximum Gasteiger partial charge on any atom is 0.398 e. The molecule has 0 aromatic carbocycles. The minimum Gasteiger partial charge on any atom is -0.434 e. The summed E-state index contributed by atoms with van der Waals surface area (Å²) in [5, 5.41) is 2.36. The second-order valence-corrected chi connectivity index (χ2v) is 2.34. The van der Waals surface area contributed by atoms with Crippen molar-refractivity contribution >= 4 is 11.9 Å². The van der Waals surface area contributed by atoms with E-state index in [-0.39, 0.29) is 0 Å². The third-order valence-corrected chi connectivity index (χ3v) is 1.20. The molecule has 1 fully saturated rings. The molecule has 1 saturated heterocycles. The van der Waals surface area contributed by atoms with Crippen LogP contribution in [0.1, 0.15) is 13.8 Å². The third kappa shape index (κ3) is 1.10. The molecule has 0 aromatic heterocycles. The van der Waals surface area contributed by atoms with E-state index < -0.39 is 18.1 Å². The smallest absolute Gasteiger partial charge is 0.398 e. The Morgan fingerprint density at radius 3 is 2.30 bits per heavy atom. The van der Waals surface area contributed by atoms with Gasteiger partial charge in [0.1, 0.15) is 0 Å². The molecule has 10 heavy (non-hydrogen) atoms. The van der Waals surface area contributed by atoms with E-state index in [1.165, 1.54) is 0 Å². The fourth-order valence-electron chi connectivity index (χ4n) is 0.630. The molecule has 0 aromatic rings. The molecule has 4 heteroatoms. The van der Waals surface area contributed by atoms with E-state index in [1.807, 2.05) is 0 Å². The summed E-state index contributed by atoms with van der Waals surface area (Å²) in [6.07, 6.45) is -0.514. The molecule has 1 unspecified atom stereocenters. The van der Waals surface area contributed by atoms with Crippen LogP contribution in [0.5, 0.6) is 0 Å². The molecule has 55 valence electrons. The largest absolute Gasteiger partial charge is 0.434 e. The standard InChI is InChI=1S/C6H8NO3/c1-3(2)5-7-4(8)6(9)10-5/h5H,1-2H3,(H,7,8). The Balaban J connectivity index is 2.57. The van der Waals surface area contributed by atoms with Gasteiger partial charge in [0, 0.05) is 5.92 Å². The topological polar surface area (TPSA) is 55.4 Å². The number of amides is 1. The average Bonchev–Trinajstić information content (AvgIpc) is 2.13. The summed E-state index contributed by atoms with van der Waals surface area (Å²) in [5.41, 5.74) is 0. The number of hydrogen-bond donors (Lipinski definition) is 1. The van der Waals surface area contributed by atoms with E-state index in [9.17, 15) is 9.59 Å². The Morgan fingerprint density at radius 2 is 2.10 bits per heavy atom. The van der Waals surface area contributed by atoms with Crippen molar-refractivity contribution in [1.29, 1.82) is 0 Å². The zero-order chi connectivity index (χ0) is 7.72. The van der Waals surface area contributed by atoms with E-state index in [0.717, 1.165) is 5.92 Å². The highest BCUT2D eigenvalue weighted by atomic mass is 16.6. The molecular weight excluding hydrogens is 134 g/mol. The number of esters is 1. The molecule has 1 aliphatic heterocycles. The first-order chi connectivity index (χ1) is 4.61. The average molecular weight is 142 g/mol. The number of nitrogens with one attached hydrogen (secondary N) is 1. The van der Waals surface area contributed by atoms with E-state index in [1.54, 1.807) is 13.8 Å². The quantitative estimate of drug-likeness (QED) is 0.400. The summed E-state index contributed by atoms with van der Waals surface area (Å²) in [5.74, 6) is -0.600. The lowest BCUT2D eigenvalue weighted by atomic mass is 10.2. The van der Waals surface area contributed by atoms with Gasteiger partial charge in [0.2, 0.25) is 0 Å². The van der Waals surface area contributed by atoms with E-state index >= 15 is 0 Å². The molecule has 0 bridgehead atoms. The molecule has 1 N–H and O–H groups in total. The van der Waals surface area contributed by atoms with Crippen LogP contribution in [0, 0.1) is 5.92 Å². The second kappa shape index (κ2) is 2.28. The van der Waals surface area contributed by atoms with Crippen molar-refractivity contribution in [3.63, 3.8) is 0 Å². The number of cyclic esters (lactones) is 1. The zero-order valence-corrected chi connectivity index (χ0v) is 5.80. The van der Waals surface area contributed by atoms with Crippen LogP contribution in [0.2, 0.25) is 0 Å². The number of carbonyl (C=O) groups excluding carboxylic acids is 2. The molecule has 0 spiro atoms. The lowest BCUT2D eigenvalue weighted by Gasteiger charge is -2.10. The molecule has 1 amide bonds. The third-order valence-electron chi connectivity index (χ3n) is 1.20. The van der Waals surface area contributed by atoms with Crippen molar-refractivity contribution in [2.24, 2.45) is 0 Å². The summed E-state index contributed by atoms with van der Waals surface area (Å²) < 4.78 is 4.60. The highest BCUT2D eigenvalue weighted by molar-refractivity contribution is 6.34. The van der Waals surface area contributed by atoms with Crippen molar-refractivity contribution in [3.8, 4) is 0 Å². The maximum atomic E-state index is 10.5. The number of hydrogen-bond acceptors (Lipinski definition) is 3. The molecule has 1 rings (SSSR count). The fourth-order valence-corrected chi connectivity index (χ4v) is 0.630. The molecule has 0 aliphatic carbocycles. The predicted molar refractivity (Wildman–Crippen MR) is 32.6 cm³/mol. The number of carbonyl (C=O) groups is 2. The van der Waals surface area contributed by atoms with Gasteiger partial charge in [-0.25, -0.2) is 4.79 Å². The van der Waals surface area contributed by atoms with Crippen LogP contribution in [0.25, 0.3) is 0 Å². The fraction of sp³-hybridized carbons (Fsp3) is 0.500. The molecule has 0 saturated carbocycles. The lowest BCUT2D eigenvalue weighted by molar-refractivity contribution is -0.148. The van der Waals surface area contributed by atoms with Crippen molar-refractivity contribution in [1.82, 2.24) is 5.32 Å². The Labute approximate surface area is 58.5 Å². The monoisotopic (exact) mass is 142 g/mol. The van der Waals surface area contributed by atoms with E-state index in [4.69, 9.17) is 0 Å². The van der Waals surface area contributed by atoms with Gasteiger partial charge >= 0.3 is 11.9 Å². The Kier molecular flexibility index (Phi) is 1.61. The van der Waals surface area contributed by atoms with Crippen molar-refractivity contribution < 1.29 is 14.3 Å². The Hall–Kier alpha value is -1.06. The minimum absolute atomic E-state index is 0.514. The van der Waals surface area contributed by atoms with Crippen LogP contribution in [-0.4, -0.2) is 18.1 Å². The highest BCUT2D eigenvalue weighted by Crippen LogP contribution is 2.10. The van der Waals surface area contributed by atoms with E-state index in [2.05, 4.69) is 10.1 Å². The summed E-state index contributed by atoms with van der Waals surface area (Å²) in [6.45, 7) is 3.56. The van der Waals surface area contributed by atoms with E-state index in [0.29, 0.717) is 0 Å². The SMILES string of the molecule is C[C](C)C1NC(=O)C(=O)O1. The molecule has 1 aliphatic rings. The first-order valence-corrected chi connectivity index (χ1v) is 2.93. The van der Waals surface area contributed by atoms with Crippen LogP contribution in [0.15, 0.2) is 0 Å². The molecule has 1 radical (unpaired) electrons. The van der Waals surface area contributed by atoms with Gasteiger partial charge in [-0.15, -0.1) is 0 Å². The predicted octanol–water partition coefficient (Wildman–Crippen LogP) is -0.400. The molecule has 4 nitrogen and oxygen atoms in total. The van der Waals surface area contributed by atoms with Crippen molar-refractivity contribution in [2.75, 3.05) is 0 Å². The highest BCUT2D eigenvalue weighted by Gasteiger charge is 2.33. The van der Waals surface area contributed by atoms with Crippen LogP contribution in [-0.2, 0) is 14.3 Å².